The van der Waals surface area contributed by atoms with Crippen molar-refractivity contribution >= 4 is 6.29 Å². The van der Waals surface area contributed by atoms with E-state index < -0.39 is 0 Å². The van der Waals surface area contributed by atoms with Gasteiger partial charge in [0.05, 0.1) is 6.04 Å². The highest BCUT2D eigenvalue weighted by atomic mass is 16.1. The lowest BCUT2D eigenvalue weighted by Crippen LogP contribution is -2.51. The minimum Gasteiger partial charge on any atom is -0.304 e. The fraction of sp³-hybridized carbons (Fsp3) is 0.875. The van der Waals surface area contributed by atoms with Crippen molar-refractivity contribution in [3.8, 4) is 0 Å². The topological polar surface area (TPSA) is 30.0 Å². The van der Waals surface area contributed by atoms with E-state index in [1.165, 1.54) is 38.9 Å². The van der Waals surface area contributed by atoms with Crippen molar-refractivity contribution in [3.05, 3.63) is 12.2 Å². The van der Waals surface area contributed by atoms with E-state index in [1.807, 2.05) is 27.7 Å². The van der Waals surface area contributed by atoms with Crippen LogP contribution in [0.3, 0.4) is 0 Å². The van der Waals surface area contributed by atoms with Crippen LogP contribution in [-0.4, -0.2) is 103 Å². The fourth-order valence-electron chi connectivity index (χ4n) is 5.07. The van der Waals surface area contributed by atoms with Crippen LogP contribution in [0.15, 0.2) is 12.2 Å². The summed E-state index contributed by atoms with van der Waals surface area (Å²) in [5, 5.41) is 0. The number of aldehydes is 1. The molecule has 0 aromatic carbocycles. The van der Waals surface area contributed by atoms with Crippen LogP contribution in [0, 0.1) is 0 Å². The third-order valence-electron chi connectivity index (χ3n) is 6.48. The van der Waals surface area contributed by atoms with Gasteiger partial charge in [-0.2, -0.15) is 0 Å². The molecule has 0 aromatic heterocycles. The lowest BCUT2D eigenvalue weighted by Gasteiger charge is -2.37. The zero-order valence-corrected chi connectivity index (χ0v) is 20.3. The Kier molecular flexibility index (Phi) is 13.0. The van der Waals surface area contributed by atoms with Crippen molar-refractivity contribution in [2.75, 3.05) is 53.4 Å². The van der Waals surface area contributed by atoms with Crippen LogP contribution < -0.4 is 0 Å². The minimum atomic E-state index is 0.226. The first kappa shape index (κ1) is 26.3. The predicted molar refractivity (Wildman–Crippen MR) is 126 cm³/mol. The van der Waals surface area contributed by atoms with Gasteiger partial charge in [0.15, 0.2) is 0 Å². The minimum absolute atomic E-state index is 0.226. The summed E-state index contributed by atoms with van der Waals surface area (Å²) < 4.78 is 0. The van der Waals surface area contributed by atoms with Gasteiger partial charge in [-0.3, -0.25) is 9.80 Å². The second-order valence-corrected chi connectivity index (χ2v) is 8.26. The average molecular weight is 409 g/mol. The van der Waals surface area contributed by atoms with Crippen LogP contribution >= 0.6 is 0 Å². The lowest BCUT2D eigenvalue weighted by atomic mass is 10.2. The summed E-state index contributed by atoms with van der Waals surface area (Å²) in [5.74, 6) is 0. The van der Waals surface area contributed by atoms with Gasteiger partial charge in [0.25, 0.3) is 0 Å². The normalized spacial score (nSPS) is 32.8. The molecule has 0 aromatic rings. The quantitative estimate of drug-likeness (QED) is 0.516. The van der Waals surface area contributed by atoms with E-state index in [2.05, 4.69) is 52.8 Å². The number of carbonyl (C=O) groups excluding carboxylic acids is 1. The van der Waals surface area contributed by atoms with E-state index in [0.29, 0.717) is 6.04 Å². The monoisotopic (exact) mass is 408 g/mol. The van der Waals surface area contributed by atoms with E-state index in [9.17, 15) is 4.79 Å². The fourth-order valence-corrected chi connectivity index (χ4v) is 5.07. The van der Waals surface area contributed by atoms with Gasteiger partial charge in [-0.25, -0.2) is 0 Å². The molecule has 0 amide bonds. The number of piperazine rings is 2. The van der Waals surface area contributed by atoms with Crippen molar-refractivity contribution in [3.63, 3.8) is 0 Å². The number of rotatable bonds is 2. The highest BCUT2D eigenvalue weighted by Gasteiger charge is 2.36. The number of likely N-dealkylation sites (N-methyl/N-ethyl adjacent to an activating group) is 2. The van der Waals surface area contributed by atoms with Gasteiger partial charge in [-0.05, 0) is 46.7 Å². The van der Waals surface area contributed by atoms with Crippen LogP contribution in [0.25, 0.3) is 0 Å². The third-order valence-corrected chi connectivity index (χ3v) is 6.48. The molecule has 0 radical (unpaired) electrons. The van der Waals surface area contributed by atoms with E-state index in [4.69, 9.17) is 0 Å². The van der Waals surface area contributed by atoms with Crippen LogP contribution in [0.1, 0.15) is 60.3 Å². The summed E-state index contributed by atoms with van der Waals surface area (Å²) in [6.45, 7) is 17.2. The summed E-state index contributed by atoms with van der Waals surface area (Å²) in [6.07, 6.45) is 10.7. The highest BCUT2D eigenvalue weighted by molar-refractivity contribution is 5.58. The summed E-state index contributed by atoms with van der Waals surface area (Å²) in [6, 6.07) is 2.45. The molecule has 4 fully saturated rings. The predicted octanol–water partition coefficient (Wildman–Crippen LogP) is 3.36. The standard InChI is InChI=1S/C11H20N2.C9H16N2O.2C2H6/c1-3-4-10-5-6-11-9-12(2)7-8-13(10)11;1-10-4-5-11-8(6-10)2-3-9(11)7-12;2*1-2/h3-4,10-11H,5-9H2,1-2H3;7-9H,2-6H2,1H3;2*1-2H3/b4-3+;;;. The Morgan fingerprint density at radius 3 is 1.59 bits per heavy atom. The third kappa shape index (κ3) is 7.46. The molecule has 4 aliphatic heterocycles. The van der Waals surface area contributed by atoms with Crippen molar-refractivity contribution in [2.45, 2.75) is 84.5 Å². The molecule has 4 atom stereocenters. The molecule has 0 spiro atoms. The summed E-state index contributed by atoms with van der Waals surface area (Å²) >= 11 is 0. The zero-order valence-electron chi connectivity index (χ0n) is 20.3. The molecule has 4 heterocycles. The Morgan fingerprint density at radius 2 is 1.14 bits per heavy atom. The SMILES string of the molecule is C/C=C/C1CCC2CN(C)CCN12.CC.CC.CN1CCN2C(C=O)CCC2C1. The number of allylic oxidation sites excluding steroid dienone is 1. The molecule has 0 aliphatic carbocycles. The van der Waals surface area contributed by atoms with E-state index in [1.54, 1.807) is 0 Å². The number of carbonyl (C=O) groups is 1. The average Bonchev–Trinajstić information content (AvgIpc) is 3.35. The molecule has 5 nitrogen and oxygen atoms in total. The Bertz CT molecular complexity index is 470. The Hall–Kier alpha value is -0.750. The van der Waals surface area contributed by atoms with Crippen molar-refractivity contribution in [2.24, 2.45) is 0 Å². The van der Waals surface area contributed by atoms with Crippen molar-refractivity contribution in [1.29, 1.82) is 0 Å². The van der Waals surface area contributed by atoms with Gasteiger partial charge in [-0.15, -0.1) is 0 Å². The number of nitrogens with zero attached hydrogens (tertiary/aromatic N) is 4. The first-order valence-electron chi connectivity index (χ1n) is 12.1. The largest absolute Gasteiger partial charge is 0.304 e. The lowest BCUT2D eigenvalue weighted by molar-refractivity contribution is -0.112. The van der Waals surface area contributed by atoms with Crippen LogP contribution in [0.4, 0.5) is 0 Å². The zero-order chi connectivity index (χ0) is 21.8. The molecule has 4 unspecified atom stereocenters. The first-order chi connectivity index (χ1) is 14.1. The number of hydrogen-bond donors (Lipinski definition) is 0. The Balaban J connectivity index is 0.000000248. The molecule has 5 heteroatoms. The second-order valence-electron chi connectivity index (χ2n) is 8.26. The second kappa shape index (κ2) is 14.3. The highest BCUT2D eigenvalue weighted by Crippen LogP contribution is 2.27. The van der Waals surface area contributed by atoms with Crippen LogP contribution in [0.2, 0.25) is 0 Å². The van der Waals surface area contributed by atoms with Gasteiger partial charge in [0.2, 0.25) is 0 Å². The van der Waals surface area contributed by atoms with Gasteiger partial charge >= 0.3 is 0 Å². The maximum Gasteiger partial charge on any atom is 0.137 e. The summed E-state index contributed by atoms with van der Waals surface area (Å²) in [4.78, 5) is 20.5. The molecule has 170 valence electrons. The molecular weight excluding hydrogens is 360 g/mol. The smallest absolute Gasteiger partial charge is 0.137 e. The van der Waals surface area contributed by atoms with Gasteiger partial charge in [-0.1, -0.05) is 39.8 Å². The Morgan fingerprint density at radius 1 is 0.690 bits per heavy atom. The van der Waals surface area contributed by atoms with Gasteiger partial charge < -0.3 is 14.6 Å². The van der Waals surface area contributed by atoms with Crippen molar-refractivity contribution in [1.82, 2.24) is 19.6 Å². The number of hydrogen-bond acceptors (Lipinski definition) is 5. The van der Waals surface area contributed by atoms with Crippen LogP contribution in [-0.2, 0) is 4.79 Å². The van der Waals surface area contributed by atoms with E-state index in [0.717, 1.165) is 44.4 Å². The molecular formula is C24H48N4O. The van der Waals surface area contributed by atoms with Crippen LogP contribution in [0.5, 0.6) is 0 Å². The molecule has 0 bridgehead atoms. The van der Waals surface area contributed by atoms with E-state index >= 15 is 0 Å². The van der Waals surface area contributed by atoms with E-state index in [-0.39, 0.29) is 6.04 Å². The van der Waals surface area contributed by atoms with Gasteiger partial charge in [0, 0.05) is 57.4 Å². The molecule has 0 N–H and O–H groups in total. The maximum atomic E-state index is 10.7. The molecule has 29 heavy (non-hydrogen) atoms. The maximum absolute atomic E-state index is 10.7. The summed E-state index contributed by atoms with van der Waals surface area (Å²) in [5.41, 5.74) is 0. The first-order valence-corrected chi connectivity index (χ1v) is 12.1. The number of fused-ring (bicyclic) bond motifs is 2. The molecule has 4 rings (SSSR count). The molecule has 4 saturated heterocycles. The summed E-state index contributed by atoms with van der Waals surface area (Å²) in [7, 11) is 4.39. The van der Waals surface area contributed by atoms with Gasteiger partial charge in [0.1, 0.15) is 6.29 Å². The molecule has 0 saturated carbocycles. The Labute approximate surface area is 181 Å². The molecule has 4 aliphatic rings. The van der Waals surface area contributed by atoms with Crippen molar-refractivity contribution < 1.29 is 4.79 Å².